The maximum absolute atomic E-state index is 12.4. The molecule has 84 valence electrons. The van der Waals surface area contributed by atoms with Crippen LogP contribution in [0.3, 0.4) is 0 Å². The van der Waals surface area contributed by atoms with Crippen molar-refractivity contribution in [1.29, 1.82) is 0 Å². The minimum Gasteiger partial charge on any atom is -0.377 e. The Morgan fingerprint density at radius 1 is 1.40 bits per heavy atom. The molecule has 0 unspecified atom stereocenters. The predicted octanol–water partition coefficient (Wildman–Crippen LogP) is 2.73. The second-order valence-electron chi connectivity index (χ2n) is 5.72. The van der Waals surface area contributed by atoms with Crippen LogP contribution in [-0.2, 0) is 9.53 Å². The first-order valence-corrected chi connectivity index (χ1v) is 5.79. The zero-order valence-electron chi connectivity index (χ0n) is 9.93. The van der Waals surface area contributed by atoms with E-state index in [1.165, 1.54) is 5.57 Å². The van der Waals surface area contributed by atoms with Crippen molar-refractivity contribution in [1.82, 2.24) is 0 Å². The molecule has 0 aromatic heterocycles. The van der Waals surface area contributed by atoms with Crippen LogP contribution < -0.4 is 0 Å². The Morgan fingerprint density at radius 2 is 2.07 bits per heavy atom. The van der Waals surface area contributed by atoms with Crippen molar-refractivity contribution < 1.29 is 9.53 Å². The van der Waals surface area contributed by atoms with Crippen LogP contribution in [0.15, 0.2) is 11.6 Å². The molecule has 1 heterocycles. The van der Waals surface area contributed by atoms with Crippen LogP contribution >= 0.6 is 0 Å². The van der Waals surface area contributed by atoms with Gasteiger partial charge in [-0.3, -0.25) is 4.79 Å². The molecule has 2 nitrogen and oxygen atoms in total. The highest BCUT2D eigenvalue weighted by molar-refractivity contribution is 5.94. The summed E-state index contributed by atoms with van der Waals surface area (Å²) in [4.78, 5) is 12.4. The van der Waals surface area contributed by atoms with E-state index in [2.05, 4.69) is 6.08 Å². The van der Waals surface area contributed by atoms with Gasteiger partial charge in [0.25, 0.3) is 0 Å². The topological polar surface area (TPSA) is 26.3 Å². The standard InChI is InChI=1S/C13H20O2/c1-12(2,3)11(14)13(6-7-13)10-4-8-15-9-5-10/h4H,5-9H2,1-3H3. The molecule has 1 saturated carbocycles. The second-order valence-corrected chi connectivity index (χ2v) is 5.72. The van der Waals surface area contributed by atoms with Gasteiger partial charge in [0.15, 0.2) is 0 Å². The molecule has 2 heteroatoms. The van der Waals surface area contributed by atoms with Gasteiger partial charge in [-0.15, -0.1) is 0 Å². The van der Waals surface area contributed by atoms with Gasteiger partial charge in [0.1, 0.15) is 5.78 Å². The quantitative estimate of drug-likeness (QED) is 0.652. The molecule has 1 fully saturated rings. The molecule has 0 atom stereocenters. The minimum atomic E-state index is -0.213. The van der Waals surface area contributed by atoms with Crippen LogP contribution in [0, 0.1) is 10.8 Å². The molecule has 0 spiro atoms. The van der Waals surface area contributed by atoms with E-state index in [1.54, 1.807) is 0 Å². The Morgan fingerprint density at radius 3 is 2.47 bits per heavy atom. The van der Waals surface area contributed by atoms with Crippen molar-refractivity contribution in [3.05, 3.63) is 11.6 Å². The van der Waals surface area contributed by atoms with Crippen molar-refractivity contribution in [3.63, 3.8) is 0 Å². The highest BCUT2D eigenvalue weighted by Crippen LogP contribution is 2.57. The molecule has 0 radical (unpaired) electrons. The fraction of sp³-hybridized carbons (Fsp3) is 0.769. The molecule has 2 aliphatic rings. The fourth-order valence-corrected chi connectivity index (χ4v) is 2.50. The predicted molar refractivity (Wildman–Crippen MR) is 59.6 cm³/mol. The lowest BCUT2D eigenvalue weighted by atomic mass is 9.76. The van der Waals surface area contributed by atoms with E-state index in [0.717, 1.165) is 25.9 Å². The van der Waals surface area contributed by atoms with E-state index in [0.29, 0.717) is 12.4 Å². The number of ketones is 1. The normalized spacial score (nSPS) is 24.6. The monoisotopic (exact) mass is 208 g/mol. The van der Waals surface area contributed by atoms with Gasteiger partial charge in [-0.1, -0.05) is 32.4 Å². The van der Waals surface area contributed by atoms with E-state index >= 15 is 0 Å². The van der Waals surface area contributed by atoms with E-state index in [4.69, 9.17) is 4.74 Å². The second kappa shape index (κ2) is 3.44. The average molecular weight is 208 g/mol. The van der Waals surface area contributed by atoms with Crippen LogP contribution in [0.4, 0.5) is 0 Å². The summed E-state index contributed by atoms with van der Waals surface area (Å²) in [5.41, 5.74) is 1.03. The van der Waals surface area contributed by atoms with Gasteiger partial charge in [0.2, 0.25) is 0 Å². The van der Waals surface area contributed by atoms with Crippen LogP contribution in [0.2, 0.25) is 0 Å². The van der Waals surface area contributed by atoms with Crippen LogP contribution in [-0.4, -0.2) is 19.0 Å². The third kappa shape index (κ3) is 1.87. The van der Waals surface area contributed by atoms with Gasteiger partial charge in [0, 0.05) is 5.41 Å². The van der Waals surface area contributed by atoms with Crippen molar-refractivity contribution in [2.75, 3.05) is 13.2 Å². The number of rotatable bonds is 2. The number of Topliss-reactive ketones (excluding diaryl/α,β-unsaturated/α-hetero) is 1. The van der Waals surface area contributed by atoms with Gasteiger partial charge in [-0.05, 0) is 19.3 Å². The first-order valence-electron chi connectivity index (χ1n) is 5.79. The molecule has 2 rings (SSSR count). The summed E-state index contributed by atoms with van der Waals surface area (Å²) >= 11 is 0. The van der Waals surface area contributed by atoms with E-state index in [-0.39, 0.29) is 10.8 Å². The zero-order chi connectivity index (χ0) is 11.1. The Balaban J connectivity index is 2.20. The summed E-state index contributed by atoms with van der Waals surface area (Å²) in [5.74, 6) is 0.420. The summed E-state index contributed by atoms with van der Waals surface area (Å²) in [6.45, 7) is 7.54. The molecule has 0 saturated heterocycles. The van der Waals surface area contributed by atoms with Crippen molar-refractivity contribution in [2.24, 2.45) is 10.8 Å². The molecule has 0 amide bonds. The molecule has 0 N–H and O–H groups in total. The lowest BCUT2D eigenvalue weighted by molar-refractivity contribution is -0.130. The maximum Gasteiger partial charge on any atom is 0.148 e. The SMILES string of the molecule is CC(C)(C)C(=O)C1(C2=CCOCC2)CC1. The van der Waals surface area contributed by atoms with E-state index < -0.39 is 0 Å². The molecular formula is C13H20O2. The Hall–Kier alpha value is -0.630. The first kappa shape index (κ1) is 10.9. The van der Waals surface area contributed by atoms with Gasteiger partial charge >= 0.3 is 0 Å². The lowest BCUT2D eigenvalue weighted by Crippen LogP contribution is -2.32. The Kier molecular flexibility index (Phi) is 2.50. The maximum atomic E-state index is 12.4. The number of carbonyl (C=O) groups excluding carboxylic acids is 1. The summed E-state index contributed by atoms with van der Waals surface area (Å²) < 4.78 is 5.30. The molecule has 1 aliphatic carbocycles. The van der Waals surface area contributed by atoms with E-state index in [9.17, 15) is 4.79 Å². The van der Waals surface area contributed by atoms with Crippen LogP contribution in [0.1, 0.15) is 40.0 Å². The Bertz CT molecular complexity index is 303. The van der Waals surface area contributed by atoms with Gasteiger partial charge in [-0.2, -0.15) is 0 Å². The summed E-state index contributed by atoms with van der Waals surface area (Å²) in [6.07, 6.45) is 5.17. The summed E-state index contributed by atoms with van der Waals surface area (Å²) in [7, 11) is 0. The van der Waals surface area contributed by atoms with Crippen molar-refractivity contribution in [2.45, 2.75) is 40.0 Å². The highest BCUT2D eigenvalue weighted by atomic mass is 16.5. The minimum absolute atomic E-state index is 0.0952. The van der Waals surface area contributed by atoms with Gasteiger partial charge < -0.3 is 4.74 Å². The Labute approximate surface area is 91.7 Å². The van der Waals surface area contributed by atoms with E-state index in [1.807, 2.05) is 20.8 Å². The number of carbonyl (C=O) groups is 1. The van der Waals surface area contributed by atoms with Crippen molar-refractivity contribution >= 4 is 5.78 Å². The number of hydrogen-bond acceptors (Lipinski definition) is 2. The van der Waals surface area contributed by atoms with Crippen LogP contribution in [0.5, 0.6) is 0 Å². The lowest BCUT2D eigenvalue weighted by Gasteiger charge is -2.28. The van der Waals surface area contributed by atoms with Crippen LogP contribution in [0.25, 0.3) is 0 Å². The average Bonchev–Trinajstić information content (AvgIpc) is 2.97. The largest absolute Gasteiger partial charge is 0.377 e. The summed E-state index contributed by atoms with van der Waals surface area (Å²) in [6, 6.07) is 0. The first-order chi connectivity index (χ1) is 6.97. The molecule has 1 aliphatic heterocycles. The zero-order valence-corrected chi connectivity index (χ0v) is 9.93. The number of hydrogen-bond donors (Lipinski definition) is 0. The molecule has 0 aromatic carbocycles. The fourth-order valence-electron chi connectivity index (χ4n) is 2.50. The number of ether oxygens (including phenoxy) is 1. The summed E-state index contributed by atoms with van der Waals surface area (Å²) in [5, 5.41) is 0. The highest BCUT2D eigenvalue weighted by Gasteiger charge is 2.54. The molecular weight excluding hydrogens is 188 g/mol. The third-order valence-corrected chi connectivity index (χ3v) is 3.44. The molecule has 15 heavy (non-hydrogen) atoms. The molecule has 0 aromatic rings. The molecule has 0 bridgehead atoms. The van der Waals surface area contributed by atoms with Crippen molar-refractivity contribution in [3.8, 4) is 0 Å². The third-order valence-electron chi connectivity index (χ3n) is 3.44. The van der Waals surface area contributed by atoms with Gasteiger partial charge in [0.05, 0.1) is 18.6 Å². The smallest absolute Gasteiger partial charge is 0.148 e. The van der Waals surface area contributed by atoms with Gasteiger partial charge in [-0.25, -0.2) is 0 Å².